The summed E-state index contributed by atoms with van der Waals surface area (Å²) in [4.78, 5) is 12.0. The molecule has 0 saturated carbocycles. The number of amides is 1. The quantitative estimate of drug-likeness (QED) is 0.821. The van der Waals surface area contributed by atoms with Gasteiger partial charge in [-0.1, -0.05) is 18.2 Å². The topological polar surface area (TPSA) is 43.3 Å². The van der Waals surface area contributed by atoms with E-state index in [2.05, 4.69) is 28.9 Å². The van der Waals surface area contributed by atoms with Gasteiger partial charge in [0.2, 0.25) is 5.91 Å². The molecular formula is C16H22N2O2. The van der Waals surface area contributed by atoms with Crippen molar-refractivity contribution >= 4 is 16.8 Å². The molecule has 0 spiro atoms. The fraction of sp³-hybridized carbons (Fsp3) is 0.438. The maximum absolute atomic E-state index is 12.0. The molecule has 0 bridgehead atoms. The molecule has 0 aliphatic carbocycles. The van der Waals surface area contributed by atoms with Crippen molar-refractivity contribution < 1.29 is 9.53 Å². The second-order valence-corrected chi connectivity index (χ2v) is 5.01. The summed E-state index contributed by atoms with van der Waals surface area (Å²) < 4.78 is 7.11. The Bertz CT molecular complexity index is 602. The molecule has 1 aromatic heterocycles. The Balaban J connectivity index is 2.09. The second-order valence-electron chi connectivity index (χ2n) is 5.01. The SMILES string of the molecule is COCCCNC(=O)Cc1c(C)n(C)c2ccccc12. The van der Waals surface area contributed by atoms with E-state index in [1.165, 1.54) is 10.9 Å². The number of benzene rings is 1. The molecule has 0 aliphatic rings. The summed E-state index contributed by atoms with van der Waals surface area (Å²) in [6.07, 6.45) is 1.27. The zero-order chi connectivity index (χ0) is 14.5. The Hall–Kier alpha value is -1.81. The molecule has 20 heavy (non-hydrogen) atoms. The van der Waals surface area contributed by atoms with Gasteiger partial charge in [-0.2, -0.15) is 0 Å². The van der Waals surface area contributed by atoms with Gasteiger partial charge in [-0.3, -0.25) is 4.79 Å². The Morgan fingerprint density at radius 1 is 1.35 bits per heavy atom. The predicted molar refractivity (Wildman–Crippen MR) is 80.9 cm³/mol. The molecule has 0 unspecified atom stereocenters. The van der Waals surface area contributed by atoms with Crippen LogP contribution in [0.5, 0.6) is 0 Å². The highest BCUT2D eigenvalue weighted by molar-refractivity contribution is 5.90. The first kappa shape index (κ1) is 14.6. The lowest BCUT2D eigenvalue weighted by Gasteiger charge is -2.05. The van der Waals surface area contributed by atoms with Gasteiger partial charge in [-0.15, -0.1) is 0 Å². The lowest BCUT2D eigenvalue weighted by molar-refractivity contribution is -0.120. The number of para-hydroxylation sites is 1. The average molecular weight is 274 g/mol. The van der Waals surface area contributed by atoms with E-state index in [1.807, 2.05) is 19.2 Å². The summed E-state index contributed by atoms with van der Waals surface area (Å²) in [7, 11) is 3.71. The van der Waals surface area contributed by atoms with Crippen molar-refractivity contribution in [3.63, 3.8) is 0 Å². The number of ether oxygens (including phenoxy) is 1. The van der Waals surface area contributed by atoms with Crippen LogP contribution in [0.25, 0.3) is 10.9 Å². The summed E-state index contributed by atoms with van der Waals surface area (Å²) in [6.45, 7) is 3.40. The van der Waals surface area contributed by atoms with E-state index in [4.69, 9.17) is 4.74 Å². The van der Waals surface area contributed by atoms with Crippen LogP contribution in [0.2, 0.25) is 0 Å². The minimum Gasteiger partial charge on any atom is -0.385 e. The number of aryl methyl sites for hydroxylation is 1. The molecule has 0 saturated heterocycles. The van der Waals surface area contributed by atoms with Crippen LogP contribution in [0, 0.1) is 6.92 Å². The number of hydrogen-bond acceptors (Lipinski definition) is 2. The van der Waals surface area contributed by atoms with Crippen LogP contribution in [0.1, 0.15) is 17.7 Å². The highest BCUT2D eigenvalue weighted by Gasteiger charge is 2.14. The van der Waals surface area contributed by atoms with E-state index in [-0.39, 0.29) is 5.91 Å². The summed E-state index contributed by atoms with van der Waals surface area (Å²) in [5.41, 5.74) is 3.44. The van der Waals surface area contributed by atoms with Crippen molar-refractivity contribution in [2.75, 3.05) is 20.3 Å². The summed E-state index contributed by atoms with van der Waals surface area (Å²) in [5, 5.41) is 4.11. The molecule has 2 rings (SSSR count). The van der Waals surface area contributed by atoms with E-state index in [9.17, 15) is 4.79 Å². The molecule has 4 heteroatoms. The van der Waals surface area contributed by atoms with Crippen LogP contribution in [-0.4, -0.2) is 30.7 Å². The van der Waals surface area contributed by atoms with Gasteiger partial charge in [0.1, 0.15) is 0 Å². The number of carbonyl (C=O) groups excluding carboxylic acids is 1. The van der Waals surface area contributed by atoms with Crippen LogP contribution in [-0.2, 0) is 23.0 Å². The highest BCUT2D eigenvalue weighted by atomic mass is 16.5. The first-order valence-corrected chi connectivity index (χ1v) is 6.93. The fourth-order valence-corrected chi connectivity index (χ4v) is 2.49. The Morgan fingerprint density at radius 2 is 2.10 bits per heavy atom. The molecular weight excluding hydrogens is 252 g/mol. The van der Waals surface area contributed by atoms with Crippen molar-refractivity contribution in [3.05, 3.63) is 35.5 Å². The van der Waals surface area contributed by atoms with Gasteiger partial charge < -0.3 is 14.6 Å². The van der Waals surface area contributed by atoms with Gasteiger partial charge in [0, 0.05) is 43.9 Å². The largest absolute Gasteiger partial charge is 0.385 e. The number of fused-ring (bicyclic) bond motifs is 1. The molecule has 0 atom stereocenters. The standard InChI is InChI=1S/C16H22N2O2/c1-12-14(11-16(19)17-9-6-10-20-3)13-7-4-5-8-15(13)18(12)2/h4-5,7-8H,6,9-11H2,1-3H3,(H,17,19). The molecule has 0 aliphatic heterocycles. The van der Waals surface area contributed by atoms with E-state index in [0.29, 0.717) is 19.6 Å². The minimum atomic E-state index is 0.0700. The fourth-order valence-electron chi connectivity index (χ4n) is 2.49. The molecule has 0 radical (unpaired) electrons. The number of aromatic nitrogens is 1. The molecule has 0 fully saturated rings. The Labute approximate surface area is 119 Å². The molecule has 1 aromatic carbocycles. The van der Waals surface area contributed by atoms with Crippen molar-refractivity contribution in [2.45, 2.75) is 19.8 Å². The number of nitrogens with zero attached hydrogens (tertiary/aromatic N) is 1. The first-order valence-electron chi connectivity index (χ1n) is 6.93. The van der Waals surface area contributed by atoms with Crippen LogP contribution < -0.4 is 5.32 Å². The van der Waals surface area contributed by atoms with E-state index in [0.717, 1.165) is 17.7 Å². The average Bonchev–Trinajstić information content (AvgIpc) is 2.69. The van der Waals surface area contributed by atoms with Gasteiger partial charge in [0.25, 0.3) is 0 Å². The Kier molecular flexibility index (Phi) is 4.79. The molecule has 1 N–H and O–H groups in total. The second kappa shape index (κ2) is 6.57. The van der Waals surface area contributed by atoms with Crippen molar-refractivity contribution in [1.29, 1.82) is 0 Å². The normalized spacial score (nSPS) is 10.9. The Morgan fingerprint density at radius 3 is 2.85 bits per heavy atom. The monoisotopic (exact) mass is 274 g/mol. The first-order chi connectivity index (χ1) is 9.65. The predicted octanol–water partition coefficient (Wildman–Crippen LogP) is 2.18. The lowest BCUT2D eigenvalue weighted by atomic mass is 10.1. The van der Waals surface area contributed by atoms with E-state index >= 15 is 0 Å². The third kappa shape index (κ3) is 3.02. The minimum absolute atomic E-state index is 0.0700. The van der Waals surface area contributed by atoms with E-state index < -0.39 is 0 Å². The molecule has 4 nitrogen and oxygen atoms in total. The smallest absolute Gasteiger partial charge is 0.224 e. The number of hydrogen-bond donors (Lipinski definition) is 1. The van der Waals surface area contributed by atoms with Crippen molar-refractivity contribution in [1.82, 2.24) is 9.88 Å². The zero-order valence-corrected chi connectivity index (χ0v) is 12.4. The summed E-state index contributed by atoms with van der Waals surface area (Å²) in [5.74, 6) is 0.0700. The van der Waals surface area contributed by atoms with Crippen LogP contribution >= 0.6 is 0 Å². The van der Waals surface area contributed by atoms with E-state index in [1.54, 1.807) is 7.11 Å². The van der Waals surface area contributed by atoms with Gasteiger partial charge in [0.15, 0.2) is 0 Å². The molecule has 108 valence electrons. The van der Waals surface area contributed by atoms with Crippen molar-refractivity contribution in [2.24, 2.45) is 7.05 Å². The zero-order valence-electron chi connectivity index (χ0n) is 12.4. The number of nitrogens with one attached hydrogen (secondary N) is 1. The number of methoxy groups -OCH3 is 1. The maximum Gasteiger partial charge on any atom is 0.224 e. The summed E-state index contributed by atoms with van der Waals surface area (Å²) in [6, 6.07) is 8.20. The van der Waals surface area contributed by atoms with Crippen LogP contribution in [0.15, 0.2) is 24.3 Å². The number of rotatable bonds is 6. The lowest BCUT2D eigenvalue weighted by Crippen LogP contribution is -2.27. The van der Waals surface area contributed by atoms with Gasteiger partial charge in [-0.25, -0.2) is 0 Å². The molecule has 1 amide bonds. The third-order valence-corrected chi connectivity index (χ3v) is 3.72. The maximum atomic E-state index is 12.0. The third-order valence-electron chi connectivity index (χ3n) is 3.72. The van der Waals surface area contributed by atoms with Gasteiger partial charge in [-0.05, 0) is 25.0 Å². The molecule has 2 aromatic rings. The van der Waals surface area contributed by atoms with Gasteiger partial charge in [0.05, 0.1) is 6.42 Å². The highest BCUT2D eigenvalue weighted by Crippen LogP contribution is 2.24. The van der Waals surface area contributed by atoms with Gasteiger partial charge >= 0.3 is 0 Å². The van der Waals surface area contributed by atoms with Crippen molar-refractivity contribution in [3.8, 4) is 0 Å². The van der Waals surface area contributed by atoms with Crippen LogP contribution in [0.4, 0.5) is 0 Å². The molecule has 1 heterocycles. The number of carbonyl (C=O) groups is 1. The van der Waals surface area contributed by atoms with Crippen LogP contribution in [0.3, 0.4) is 0 Å². The summed E-state index contributed by atoms with van der Waals surface area (Å²) >= 11 is 0.